The predicted octanol–water partition coefficient (Wildman–Crippen LogP) is 2.14. The zero-order valence-corrected chi connectivity index (χ0v) is 9.24. The maximum atomic E-state index is 11.4. The summed E-state index contributed by atoms with van der Waals surface area (Å²) in [6.07, 6.45) is 4.12. The summed E-state index contributed by atoms with van der Waals surface area (Å²) in [6.45, 7) is 5.91. The molecular formula is C12H15NO2. The molecule has 3 nitrogen and oxygen atoms in total. The van der Waals surface area contributed by atoms with E-state index >= 15 is 0 Å². The number of carboxylic acid groups (broad SMARTS) is 1. The van der Waals surface area contributed by atoms with Crippen LogP contribution in [0.15, 0.2) is 18.5 Å². The SMILES string of the molecule is Cc1cncc(C2(C(=O)O)CC2(C)C)c1. The van der Waals surface area contributed by atoms with Crippen molar-refractivity contribution >= 4 is 5.97 Å². The third-order valence-corrected chi connectivity index (χ3v) is 3.47. The molecule has 0 spiro atoms. The Morgan fingerprint density at radius 1 is 1.47 bits per heavy atom. The number of hydrogen-bond donors (Lipinski definition) is 1. The third kappa shape index (κ3) is 1.26. The Morgan fingerprint density at radius 3 is 2.47 bits per heavy atom. The van der Waals surface area contributed by atoms with E-state index < -0.39 is 11.4 Å². The van der Waals surface area contributed by atoms with Crippen LogP contribution >= 0.6 is 0 Å². The molecule has 0 aliphatic heterocycles. The Hall–Kier alpha value is -1.38. The Morgan fingerprint density at radius 2 is 2.07 bits per heavy atom. The maximum absolute atomic E-state index is 11.4. The zero-order chi connectivity index (χ0) is 11.3. The van der Waals surface area contributed by atoms with Gasteiger partial charge in [-0.1, -0.05) is 19.9 Å². The van der Waals surface area contributed by atoms with Crippen molar-refractivity contribution in [2.24, 2.45) is 5.41 Å². The second-order valence-corrected chi connectivity index (χ2v) is 5.02. The summed E-state index contributed by atoms with van der Waals surface area (Å²) in [7, 11) is 0. The number of nitrogens with zero attached hydrogens (tertiary/aromatic N) is 1. The van der Waals surface area contributed by atoms with Crippen LogP contribution < -0.4 is 0 Å². The highest BCUT2D eigenvalue weighted by Crippen LogP contribution is 2.64. The summed E-state index contributed by atoms with van der Waals surface area (Å²) in [6, 6.07) is 1.93. The summed E-state index contributed by atoms with van der Waals surface area (Å²) in [5.74, 6) is -0.736. The lowest BCUT2D eigenvalue weighted by Gasteiger charge is -2.15. The van der Waals surface area contributed by atoms with Crippen molar-refractivity contribution in [2.75, 3.05) is 0 Å². The molecule has 3 heteroatoms. The molecule has 1 aliphatic carbocycles. The van der Waals surface area contributed by atoms with Gasteiger partial charge in [-0.05, 0) is 29.9 Å². The third-order valence-electron chi connectivity index (χ3n) is 3.47. The van der Waals surface area contributed by atoms with Crippen LogP contribution in [0.4, 0.5) is 0 Å². The molecule has 15 heavy (non-hydrogen) atoms. The van der Waals surface area contributed by atoms with E-state index in [4.69, 9.17) is 0 Å². The van der Waals surface area contributed by atoms with E-state index in [2.05, 4.69) is 4.98 Å². The van der Waals surface area contributed by atoms with Gasteiger partial charge in [-0.25, -0.2) is 0 Å². The normalized spacial score (nSPS) is 27.4. The van der Waals surface area contributed by atoms with Crippen LogP contribution in [-0.2, 0) is 10.2 Å². The van der Waals surface area contributed by atoms with Gasteiger partial charge in [0.25, 0.3) is 0 Å². The molecule has 1 unspecified atom stereocenters. The van der Waals surface area contributed by atoms with Crippen LogP contribution in [-0.4, -0.2) is 16.1 Å². The van der Waals surface area contributed by atoms with E-state index in [0.29, 0.717) is 6.42 Å². The van der Waals surface area contributed by atoms with Crippen LogP contribution in [0.25, 0.3) is 0 Å². The van der Waals surface area contributed by atoms with Crippen LogP contribution in [0.2, 0.25) is 0 Å². The monoisotopic (exact) mass is 205 g/mol. The van der Waals surface area contributed by atoms with Crippen molar-refractivity contribution in [3.8, 4) is 0 Å². The second-order valence-electron chi connectivity index (χ2n) is 5.02. The van der Waals surface area contributed by atoms with E-state index in [1.165, 1.54) is 0 Å². The van der Waals surface area contributed by atoms with Crippen molar-refractivity contribution in [3.05, 3.63) is 29.6 Å². The molecule has 0 saturated heterocycles. The summed E-state index contributed by atoms with van der Waals surface area (Å²) in [5, 5.41) is 9.36. The number of pyridine rings is 1. The van der Waals surface area contributed by atoms with Crippen molar-refractivity contribution in [2.45, 2.75) is 32.6 Å². The Kier molecular flexibility index (Phi) is 1.90. The minimum absolute atomic E-state index is 0.158. The van der Waals surface area contributed by atoms with E-state index in [1.807, 2.05) is 26.8 Å². The lowest BCUT2D eigenvalue weighted by atomic mass is 9.88. The number of carboxylic acids is 1. The molecule has 1 N–H and O–H groups in total. The molecule has 1 saturated carbocycles. The Balaban J connectivity index is 2.50. The van der Waals surface area contributed by atoms with Gasteiger partial charge in [0.2, 0.25) is 0 Å². The highest BCUT2D eigenvalue weighted by molar-refractivity contribution is 5.87. The molecule has 0 radical (unpaired) electrons. The quantitative estimate of drug-likeness (QED) is 0.804. The average Bonchev–Trinajstić information content (AvgIpc) is 2.71. The van der Waals surface area contributed by atoms with E-state index in [1.54, 1.807) is 12.4 Å². The highest BCUT2D eigenvalue weighted by atomic mass is 16.4. The predicted molar refractivity (Wildman–Crippen MR) is 56.7 cm³/mol. The van der Waals surface area contributed by atoms with Gasteiger partial charge >= 0.3 is 5.97 Å². The minimum atomic E-state index is -0.736. The van der Waals surface area contributed by atoms with Crippen molar-refractivity contribution < 1.29 is 9.90 Å². The van der Waals surface area contributed by atoms with Gasteiger partial charge in [-0.15, -0.1) is 0 Å². The molecule has 1 heterocycles. The van der Waals surface area contributed by atoms with Crippen LogP contribution in [0.3, 0.4) is 0 Å². The van der Waals surface area contributed by atoms with Crippen LogP contribution in [0, 0.1) is 12.3 Å². The lowest BCUT2D eigenvalue weighted by molar-refractivity contribution is -0.141. The molecule has 0 bridgehead atoms. The minimum Gasteiger partial charge on any atom is -0.481 e. The first-order valence-electron chi connectivity index (χ1n) is 5.06. The number of hydrogen-bond acceptors (Lipinski definition) is 2. The molecule has 1 aromatic rings. The van der Waals surface area contributed by atoms with Crippen LogP contribution in [0.5, 0.6) is 0 Å². The number of carbonyl (C=O) groups is 1. The number of aryl methyl sites for hydroxylation is 1. The first kappa shape index (κ1) is 10.1. The molecular weight excluding hydrogens is 190 g/mol. The Bertz CT molecular complexity index is 425. The van der Waals surface area contributed by atoms with Gasteiger partial charge < -0.3 is 5.11 Å². The molecule has 2 rings (SSSR count). The topological polar surface area (TPSA) is 50.2 Å². The van der Waals surface area contributed by atoms with Crippen molar-refractivity contribution in [3.63, 3.8) is 0 Å². The molecule has 1 aromatic heterocycles. The van der Waals surface area contributed by atoms with E-state index in [9.17, 15) is 9.90 Å². The molecule has 1 fully saturated rings. The molecule has 1 atom stereocenters. The smallest absolute Gasteiger partial charge is 0.314 e. The highest BCUT2D eigenvalue weighted by Gasteiger charge is 2.67. The fourth-order valence-corrected chi connectivity index (χ4v) is 2.39. The first-order valence-corrected chi connectivity index (χ1v) is 5.06. The molecule has 80 valence electrons. The lowest BCUT2D eigenvalue weighted by Crippen LogP contribution is -2.25. The Labute approximate surface area is 89.2 Å². The van der Waals surface area contributed by atoms with Crippen LogP contribution in [0.1, 0.15) is 31.4 Å². The van der Waals surface area contributed by atoms with Crippen molar-refractivity contribution in [1.82, 2.24) is 4.98 Å². The molecule has 1 aliphatic rings. The number of aromatic nitrogens is 1. The first-order chi connectivity index (χ1) is 6.90. The van der Waals surface area contributed by atoms with Gasteiger partial charge in [0.15, 0.2) is 0 Å². The largest absolute Gasteiger partial charge is 0.481 e. The van der Waals surface area contributed by atoms with E-state index in [0.717, 1.165) is 11.1 Å². The summed E-state index contributed by atoms with van der Waals surface area (Å²) in [4.78, 5) is 15.5. The summed E-state index contributed by atoms with van der Waals surface area (Å²) in [5.41, 5.74) is 0.969. The van der Waals surface area contributed by atoms with Gasteiger partial charge in [0, 0.05) is 12.4 Å². The molecule has 0 aromatic carbocycles. The summed E-state index contributed by atoms with van der Waals surface area (Å²) < 4.78 is 0. The van der Waals surface area contributed by atoms with Crippen molar-refractivity contribution in [1.29, 1.82) is 0 Å². The molecule has 0 amide bonds. The standard InChI is InChI=1S/C12H15NO2/c1-8-4-9(6-13-5-8)12(10(14)15)7-11(12,2)3/h4-6H,7H2,1-3H3,(H,14,15). The van der Waals surface area contributed by atoms with Gasteiger partial charge in [0.05, 0.1) is 5.41 Å². The fourth-order valence-electron chi connectivity index (χ4n) is 2.39. The number of rotatable bonds is 2. The maximum Gasteiger partial charge on any atom is 0.314 e. The fraction of sp³-hybridized carbons (Fsp3) is 0.500. The van der Waals surface area contributed by atoms with Gasteiger partial charge in [-0.3, -0.25) is 9.78 Å². The van der Waals surface area contributed by atoms with Gasteiger partial charge in [0.1, 0.15) is 0 Å². The number of aliphatic carboxylic acids is 1. The second kappa shape index (κ2) is 2.81. The summed E-state index contributed by atoms with van der Waals surface area (Å²) >= 11 is 0. The van der Waals surface area contributed by atoms with E-state index in [-0.39, 0.29) is 5.41 Å². The zero-order valence-electron chi connectivity index (χ0n) is 9.24. The average molecular weight is 205 g/mol. The van der Waals surface area contributed by atoms with Gasteiger partial charge in [-0.2, -0.15) is 0 Å².